The quantitative estimate of drug-likeness (QED) is 0.369. The van der Waals surface area contributed by atoms with Gasteiger partial charge in [0.1, 0.15) is 5.75 Å². The molecule has 0 radical (unpaired) electrons. The lowest BCUT2D eigenvalue weighted by Crippen LogP contribution is -2.44. The number of hydrogen-bond donors (Lipinski definition) is 1. The van der Waals surface area contributed by atoms with E-state index in [-0.39, 0.29) is 5.91 Å². The Morgan fingerprint density at radius 3 is 2.83 bits per heavy atom. The molecule has 1 atom stereocenters. The number of nitrogens with zero attached hydrogens (tertiary/aromatic N) is 3. The number of aromatic nitrogens is 1. The fourth-order valence-corrected chi connectivity index (χ4v) is 6.69. The molecule has 1 amide bonds. The van der Waals surface area contributed by atoms with E-state index in [4.69, 9.17) is 4.74 Å². The Bertz CT molecular complexity index is 1290. The summed E-state index contributed by atoms with van der Waals surface area (Å²) >= 11 is 0. The molecule has 1 aliphatic heterocycles. The summed E-state index contributed by atoms with van der Waals surface area (Å²) in [7, 11) is 1.64. The fourth-order valence-electron chi connectivity index (χ4n) is 6.69. The van der Waals surface area contributed by atoms with Crippen LogP contribution in [-0.2, 0) is 17.8 Å². The van der Waals surface area contributed by atoms with E-state index < -0.39 is 0 Å². The molecule has 2 aliphatic carbocycles. The molecule has 36 heavy (non-hydrogen) atoms. The van der Waals surface area contributed by atoms with E-state index in [1.807, 2.05) is 24.3 Å². The number of hydrogen-bond acceptors (Lipinski definition) is 4. The van der Waals surface area contributed by atoms with Crippen molar-refractivity contribution in [2.75, 3.05) is 20.2 Å². The van der Waals surface area contributed by atoms with Gasteiger partial charge in [-0.05, 0) is 79.0 Å². The van der Waals surface area contributed by atoms with Gasteiger partial charge in [-0.1, -0.05) is 37.5 Å². The zero-order valence-corrected chi connectivity index (χ0v) is 21.2. The van der Waals surface area contributed by atoms with Crippen LogP contribution < -0.4 is 10.2 Å². The van der Waals surface area contributed by atoms with Crippen LogP contribution >= 0.6 is 0 Å². The van der Waals surface area contributed by atoms with E-state index in [2.05, 4.69) is 38.2 Å². The lowest BCUT2D eigenvalue weighted by molar-refractivity contribution is -0.123. The number of rotatable bonds is 6. The maximum absolute atomic E-state index is 12.8. The average molecular weight is 485 g/mol. The van der Waals surface area contributed by atoms with Crippen LogP contribution in [0.25, 0.3) is 10.9 Å². The summed E-state index contributed by atoms with van der Waals surface area (Å²) in [5, 5.41) is 5.65. The van der Waals surface area contributed by atoms with Gasteiger partial charge >= 0.3 is 0 Å². The SMILES string of the molecule is COc1cccc(C=NNC(=O)CN2CCn3c4c(c5cc(C6CCCCC6)ccc53)CCCC42)c1. The predicted molar refractivity (Wildman–Crippen MR) is 144 cm³/mol. The minimum absolute atomic E-state index is 0.0644. The van der Waals surface area contributed by atoms with Crippen molar-refractivity contribution in [3.63, 3.8) is 0 Å². The highest BCUT2D eigenvalue weighted by Gasteiger charge is 2.35. The summed E-state index contributed by atoms with van der Waals surface area (Å²) in [6.45, 7) is 2.19. The minimum atomic E-state index is -0.0644. The van der Waals surface area contributed by atoms with Gasteiger partial charge in [0.15, 0.2) is 0 Å². The highest BCUT2D eigenvalue weighted by molar-refractivity contribution is 5.87. The van der Waals surface area contributed by atoms with Crippen LogP contribution in [-0.4, -0.2) is 41.8 Å². The molecule has 1 fully saturated rings. The Morgan fingerprint density at radius 1 is 1.08 bits per heavy atom. The first-order valence-electron chi connectivity index (χ1n) is 13.6. The summed E-state index contributed by atoms with van der Waals surface area (Å²) in [6, 6.07) is 15.2. The van der Waals surface area contributed by atoms with Gasteiger partial charge in [0.25, 0.3) is 5.91 Å². The van der Waals surface area contributed by atoms with Gasteiger partial charge in [-0.3, -0.25) is 9.69 Å². The highest BCUT2D eigenvalue weighted by atomic mass is 16.5. The standard InChI is InChI=1S/C30H36N4O2/c1-36-24-10-5-7-21(17-24)19-31-32-29(35)20-33-15-16-34-27-14-13-23(22-8-3-2-4-9-22)18-26(27)25-11-6-12-28(33)30(25)34/h5,7,10,13-14,17-19,22,28H,2-4,6,8-9,11-12,15-16,20H2,1H3,(H,32,35). The number of aryl methyl sites for hydroxylation is 1. The molecular weight excluding hydrogens is 448 g/mol. The smallest absolute Gasteiger partial charge is 0.254 e. The second-order valence-electron chi connectivity index (χ2n) is 10.6. The van der Waals surface area contributed by atoms with Crippen LogP contribution in [0.4, 0.5) is 0 Å². The molecule has 3 aliphatic rings. The molecule has 2 heterocycles. The predicted octanol–water partition coefficient (Wildman–Crippen LogP) is 5.54. The number of amides is 1. The lowest BCUT2D eigenvalue weighted by Gasteiger charge is -2.39. The van der Waals surface area contributed by atoms with Crippen molar-refractivity contribution in [1.82, 2.24) is 14.9 Å². The van der Waals surface area contributed by atoms with Gasteiger partial charge < -0.3 is 9.30 Å². The summed E-state index contributed by atoms with van der Waals surface area (Å²) in [5.74, 6) is 1.43. The molecule has 1 saturated carbocycles. The van der Waals surface area contributed by atoms with Crippen molar-refractivity contribution in [3.05, 3.63) is 64.8 Å². The number of methoxy groups -OCH3 is 1. The van der Waals surface area contributed by atoms with Gasteiger partial charge in [-0.2, -0.15) is 5.10 Å². The van der Waals surface area contributed by atoms with Crippen LogP contribution in [0.15, 0.2) is 47.6 Å². The second kappa shape index (κ2) is 10.1. The number of fused-ring (bicyclic) bond motifs is 3. The maximum Gasteiger partial charge on any atom is 0.254 e. The molecule has 3 aromatic rings. The van der Waals surface area contributed by atoms with Gasteiger partial charge in [-0.25, -0.2) is 5.43 Å². The number of benzene rings is 2. The van der Waals surface area contributed by atoms with Crippen molar-refractivity contribution in [3.8, 4) is 5.75 Å². The van der Waals surface area contributed by atoms with Gasteiger partial charge in [0.2, 0.25) is 0 Å². The Kier molecular flexibility index (Phi) is 6.53. The van der Waals surface area contributed by atoms with E-state index in [0.29, 0.717) is 12.6 Å². The van der Waals surface area contributed by atoms with E-state index in [1.54, 1.807) is 13.3 Å². The van der Waals surface area contributed by atoms with Crippen LogP contribution in [0.2, 0.25) is 0 Å². The van der Waals surface area contributed by atoms with E-state index in [0.717, 1.165) is 43.2 Å². The first-order chi connectivity index (χ1) is 17.7. The molecule has 1 aromatic heterocycles. The molecular formula is C30H36N4O2. The number of hydrazone groups is 1. The monoisotopic (exact) mass is 484 g/mol. The number of carbonyl (C=O) groups is 1. The van der Waals surface area contributed by atoms with E-state index in [9.17, 15) is 4.79 Å². The summed E-state index contributed by atoms with van der Waals surface area (Å²) in [6.07, 6.45) is 11.9. The van der Waals surface area contributed by atoms with Crippen molar-refractivity contribution in [2.45, 2.75) is 69.9 Å². The van der Waals surface area contributed by atoms with Gasteiger partial charge in [-0.15, -0.1) is 0 Å². The fraction of sp³-hybridized carbons (Fsp3) is 0.467. The van der Waals surface area contributed by atoms with Crippen molar-refractivity contribution < 1.29 is 9.53 Å². The van der Waals surface area contributed by atoms with Crippen LogP contribution in [0.1, 0.15) is 79.3 Å². The lowest BCUT2D eigenvalue weighted by atomic mass is 9.83. The molecule has 1 N–H and O–H groups in total. The highest BCUT2D eigenvalue weighted by Crippen LogP contribution is 2.44. The summed E-state index contributed by atoms with van der Waals surface area (Å²) < 4.78 is 7.80. The molecule has 6 heteroatoms. The molecule has 6 nitrogen and oxygen atoms in total. The number of nitrogens with one attached hydrogen (secondary N) is 1. The van der Waals surface area contributed by atoms with Crippen LogP contribution in [0, 0.1) is 0 Å². The van der Waals surface area contributed by atoms with Crippen molar-refractivity contribution in [2.24, 2.45) is 5.10 Å². The molecule has 0 spiro atoms. The van der Waals surface area contributed by atoms with Crippen LogP contribution in [0.5, 0.6) is 5.75 Å². The first kappa shape index (κ1) is 23.3. The zero-order chi connectivity index (χ0) is 24.5. The molecule has 6 rings (SSSR count). The Morgan fingerprint density at radius 2 is 1.97 bits per heavy atom. The minimum Gasteiger partial charge on any atom is -0.497 e. The maximum atomic E-state index is 12.8. The summed E-state index contributed by atoms with van der Waals surface area (Å²) in [4.78, 5) is 15.2. The third-order valence-electron chi connectivity index (χ3n) is 8.43. The Hall–Kier alpha value is -3.12. The van der Waals surface area contributed by atoms with Crippen molar-refractivity contribution >= 4 is 23.0 Å². The zero-order valence-electron chi connectivity index (χ0n) is 21.2. The molecule has 0 bridgehead atoms. The van der Waals surface area contributed by atoms with Gasteiger partial charge in [0.05, 0.1) is 25.9 Å². The topological polar surface area (TPSA) is 58.9 Å². The normalized spacial score (nSPS) is 20.5. The van der Waals surface area contributed by atoms with E-state index >= 15 is 0 Å². The average Bonchev–Trinajstić information content (AvgIpc) is 3.25. The van der Waals surface area contributed by atoms with Gasteiger partial charge in [0, 0.05) is 29.7 Å². The number of carbonyl (C=O) groups excluding carboxylic acids is 1. The molecule has 188 valence electrons. The first-order valence-corrected chi connectivity index (χ1v) is 13.6. The van der Waals surface area contributed by atoms with Crippen LogP contribution in [0.3, 0.4) is 0 Å². The molecule has 0 saturated heterocycles. The van der Waals surface area contributed by atoms with E-state index in [1.165, 1.54) is 66.2 Å². The molecule has 2 aromatic carbocycles. The Labute approximate surface area is 213 Å². The third kappa shape index (κ3) is 4.43. The number of ether oxygens (including phenoxy) is 1. The second-order valence-corrected chi connectivity index (χ2v) is 10.6. The largest absolute Gasteiger partial charge is 0.497 e. The Balaban J connectivity index is 1.19. The summed E-state index contributed by atoms with van der Waals surface area (Å²) in [5.41, 5.74) is 9.52. The van der Waals surface area contributed by atoms with Crippen molar-refractivity contribution in [1.29, 1.82) is 0 Å². The third-order valence-corrected chi connectivity index (χ3v) is 8.43. The molecule has 1 unspecified atom stereocenters.